The predicted molar refractivity (Wildman–Crippen MR) is 81.3 cm³/mol. The minimum Gasteiger partial charge on any atom is -0.300 e. The Bertz CT molecular complexity index is 499. The molecule has 0 saturated carbocycles. The van der Waals surface area contributed by atoms with Crippen LogP contribution in [0.1, 0.15) is 39.7 Å². The molecule has 0 radical (unpaired) electrons. The van der Waals surface area contributed by atoms with Crippen LogP contribution in [0.25, 0.3) is 10.1 Å². The number of carbonyl (C=O) groups excluding carboxylic acids is 1. The second kappa shape index (κ2) is 7.32. The van der Waals surface area contributed by atoms with Crippen LogP contribution in [-0.4, -0.2) is 5.78 Å². The average molecular weight is 262 g/mol. The number of fused-ring (bicyclic) bond motifs is 1. The quantitative estimate of drug-likeness (QED) is 0.753. The first-order valence-electron chi connectivity index (χ1n) is 6.55. The Morgan fingerprint density at radius 3 is 2.50 bits per heavy atom. The third-order valence-electron chi connectivity index (χ3n) is 2.78. The van der Waals surface area contributed by atoms with Crippen LogP contribution in [0, 0.1) is 5.92 Å². The third-order valence-corrected chi connectivity index (χ3v) is 3.79. The van der Waals surface area contributed by atoms with Gasteiger partial charge in [-0.1, -0.05) is 45.4 Å². The van der Waals surface area contributed by atoms with Crippen LogP contribution in [0.5, 0.6) is 0 Å². The summed E-state index contributed by atoms with van der Waals surface area (Å²) in [6, 6.07) is 8.37. The van der Waals surface area contributed by atoms with E-state index in [9.17, 15) is 4.79 Å². The second-order valence-corrected chi connectivity index (χ2v) is 5.59. The fourth-order valence-electron chi connectivity index (χ4n) is 1.66. The summed E-state index contributed by atoms with van der Waals surface area (Å²) in [5.74, 6) is 0.397. The fourth-order valence-corrected chi connectivity index (χ4v) is 2.64. The van der Waals surface area contributed by atoms with Gasteiger partial charge in [-0.15, -0.1) is 11.3 Å². The van der Waals surface area contributed by atoms with Crippen molar-refractivity contribution in [2.75, 3.05) is 0 Å². The predicted octanol–water partition coefficient (Wildman–Crippen LogP) is 5.09. The number of benzene rings is 1. The largest absolute Gasteiger partial charge is 0.300 e. The fraction of sp³-hybridized carbons (Fsp3) is 0.438. The van der Waals surface area contributed by atoms with Crippen LogP contribution in [0.3, 0.4) is 0 Å². The average Bonchev–Trinajstić information content (AvgIpc) is 2.74. The van der Waals surface area contributed by atoms with Crippen LogP contribution in [0.15, 0.2) is 29.6 Å². The van der Waals surface area contributed by atoms with E-state index in [0.717, 1.165) is 6.42 Å². The maximum absolute atomic E-state index is 11.2. The third kappa shape index (κ3) is 3.95. The molecule has 1 aromatic carbocycles. The van der Waals surface area contributed by atoms with E-state index >= 15 is 0 Å². The van der Waals surface area contributed by atoms with Crippen LogP contribution < -0.4 is 0 Å². The second-order valence-electron chi connectivity index (χ2n) is 4.68. The molecule has 1 heterocycles. The van der Waals surface area contributed by atoms with E-state index in [1.807, 2.05) is 6.92 Å². The van der Waals surface area contributed by atoms with Crippen LogP contribution in [0.4, 0.5) is 0 Å². The first-order chi connectivity index (χ1) is 8.60. The van der Waals surface area contributed by atoms with Crippen molar-refractivity contribution >= 4 is 27.2 Å². The number of Topliss-reactive ketones (excluding diaryl/α,β-unsaturated/α-hetero) is 1. The lowest BCUT2D eigenvalue weighted by Gasteiger charge is -2.05. The number of rotatable bonds is 3. The number of thiophene rings is 1. The van der Waals surface area contributed by atoms with Crippen molar-refractivity contribution < 1.29 is 4.79 Å². The van der Waals surface area contributed by atoms with E-state index in [4.69, 9.17) is 0 Å². The van der Waals surface area contributed by atoms with Gasteiger partial charge in [-0.25, -0.2) is 0 Å². The minimum atomic E-state index is 0.128. The maximum atomic E-state index is 11.2. The van der Waals surface area contributed by atoms with Crippen molar-refractivity contribution in [3.63, 3.8) is 0 Å². The zero-order valence-electron chi connectivity index (χ0n) is 11.7. The molecule has 0 unspecified atom stereocenters. The van der Waals surface area contributed by atoms with Crippen molar-refractivity contribution in [3.8, 4) is 0 Å². The van der Waals surface area contributed by atoms with E-state index in [1.54, 1.807) is 18.3 Å². The zero-order valence-corrected chi connectivity index (χ0v) is 12.5. The molecule has 0 amide bonds. The Hall–Kier alpha value is -1.15. The highest BCUT2D eigenvalue weighted by atomic mass is 32.1. The molecule has 0 spiro atoms. The van der Waals surface area contributed by atoms with Crippen molar-refractivity contribution in [2.45, 2.75) is 40.5 Å². The monoisotopic (exact) mass is 262 g/mol. The summed E-state index contributed by atoms with van der Waals surface area (Å²) in [7, 11) is 0. The zero-order chi connectivity index (χ0) is 13.5. The number of hydrogen-bond donors (Lipinski definition) is 0. The van der Waals surface area contributed by atoms with Crippen molar-refractivity contribution in [2.24, 2.45) is 5.92 Å². The molecule has 0 saturated heterocycles. The molecule has 98 valence electrons. The summed E-state index contributed by atoms with van der Waals surface area (Å²) >= 11 is 1.76. The topological polar surface area (TPSA) is 17.1 Å². The maximum Gasteiger partial charge on any atom is 0.132 e. The molecule has 0 fully saturated rings. The van der Waals surface area contributed by atoms with E-state index in [1.165, 1.54) is 22.1 Å². The lowest BCUT2D eigenvalue weighted by Crippen LogP contribution is -2.08. The first-order valence-corrected chi connectivity index (χ1v) is 7.43. The summed E-state index contributed by atoms with van der Waals surface area (Å²) in [5, 5.41) is 3.47. The molecule has 1 atom stereocenters. The Labute approximate surface area is 114 Å². The molecule has 18 heavy (non-hydrogen) atoms. The summed E-state index contributed by atoms with van der Waals surface area (Å²) in [6.07, 6.45) is 2.11. The molecule has 0 aliphatic heterocycles. The molecule has 0 aliphatic rings. The van der Waals surface area contributed by atoms with Gasteiger partial charge in [0.05, 0.1) is 0 Å². The normalized spacial score (nSPS) is 11.8. The van der Waals surface area contributed by atoms with Gasteiger partial charge < -0.3 is 0 Å². The Morgan fingerprint density at radius 2 is 1.89 bits per heavy atom. The summed E-state index contributed by atoms with van der Waals surface area (Å²) in [5.41, 5.74) is 1.30. The van der Waals surface area contributed by atoms with E-state index < -0.39 is 0 Å². The minimum absolute atomic E-state index is 0.128. The van der Waals surface area contributed by atoms with Gasteiger partial charge in [-0.2, -0.15) is 0 Å². The SMILES string of the molecule is CC(=O)[C@H](C)Cc1csc2ccccc12.CCC. The van der Waals surface area contributed by atoms with Crippen molar-refractivity contribution in [3.05, 3.63) is 35.2 Å². The Kier molecular flexibility index (Phi) is 6.06. The van der Waals surface area contributed by atoms with E-state index in [-0.39, 0.29) is 11.7 Å². The van der Waals surface area contributed by atoms with Gasteiger partial charge in [0.25, 0.3) is 0 Å². The summed E-state index contributed by atoms with van der Waals surface area (Å²) < 4.78 is 1.31. The first kappa shape index (κ1) is 14.9. The molecule has 2 heteroatoms. The molecule has 0 N–H and O–H groups in total. The van der Waals surface area contributed by atoms with E-state index in [0.29, 0.717) is 0 Å². The Morgan fingerprint density at radius 1 is 1.28 bits per heavy atom. The lowest BCUT2D eigenvalue weighted by molar-refractivity contribution is -0.120. The van der Waals surface area contributed by atoms with Crippen LogP contribution >= 0.6 is 11.3 Å². The molecule has 0 aliphatic carbocycles. The molecule has 1 nitrogen and oxygen atoms in total. The lowest BCUT2D eigenvalue weighted by atomic mass is 9.98. The van der Waals surface area contributed by atoms with Gasteiger partial charge in [0.2, 0.25) is 0 Å². The molecular weight excluding hydrogens is 240 g/mol. The van der Waals surface area contributed by atoms with Gasteiger partial charge in [-0.05, 0) is 35.7 Å². The highest BCUT2D eigenvalue weighted by molar-refractivity contribution is 7.17. The number of hydrogen-bond acceptors (Lipinski definition) is 2. The van der Waals surface area contributed by atoms with Gasteiger partial charge in [0.1, 0.15) is 5.78 Å². The van der Waals surface area contributed by atoms with Gasteiger partial charge >= 0.3 is 0 Å². The number of carbonyl (C=O) groups is 1. The van der Waals surface area contributed by atoms with Gasteiger partial charge in [-0.3, -0.25) is 4.79 Å². The highest BCUT2D eigenvalue weighted by Gasteiger charge is 2.11. The van der Waals surface area contributed by atoms with Crippen LogP contribution in [0.2, 0.25) is 0 Å². The van der Waals surface area contributed by atoms with Gasteiger partial charge in [0.15, 0.2) is 0 Å². The molecular formula is C16H22OS. The summed E-state index contributed by atoms with van der Waals surface area (Å²) in [6.45, 7) is 7.91. The standard InChI is InChI=1S/C13H14OS.C3H8/c1-9(10(2)14)7-11-8-15-13-6-4-3-5-12(11)13;1-3-2/h3-6,8-9H,7H2,1-2H3;3H2,1-2H3/t9-;/m1./s1. The van der Waals surface area contributed by atoms with E-state index in [2.05, 4.69) is 43.5 Å². The molecule has 2 rings (SSSR count). The molecule has 1 aromatic heterocycles. The number of ketones is 1. The molecule has 2 aromatic rings. The summed E-state index contributed by atoms with van der Waals surface area (Å²) in [4.78, 5) is 11.2. The van der Waals surface area contributed by atoms with Crippen molar-refractivity contribution in [1.29, 1.82) is 0 Å². The highest BCUT2D eigenvalue weighted by Crippen LogP contribution is 2.27. The van der Waals surface area contributed by atoms with Gasteiger partial charge in [0, 0.05) is 10.6 Å². The van der Waals surface area contributed by atoms with Crippen molar-refractivity contribution in [1.82, 2.24) is 0 Å². The smallest absolute Gasteiger partial charge is 0.132 e. The molecule has 0 bridgehead atoms. The Balaban J connectivity index is 0.000000492. The van der Waals surface area contributed by atoms with Crippen LogP contribution in [-0.2, 0) is 11.2 Å².